The van der Waals surface area contributed by atoms with Gasteiger partial charge in [0.2, 0.25) is 0 Å². The largest absolute Gasteiger partial charge is 0.321 e. The fourth-order valence-corrected chi connectivity index (χ4v) is 5.32. The van der Waals surface area contributed by atoms with E-state index in [0.717, 1.165) is 23.8 Å². The van der Waals surface area contributed by atoms with Crippen LogP contribution in [0.4, 0.5) is 11.4 Å². The molecule has 0 unspecified atom stereocenters. The molecule has 0 saturated carbocycles. The Hall–Kier alpha value is -3.64. The molecule has 0 radical (unpaired) electrons. The van der Waals surface area contributed by atoms with Crippen molar-refractivity contribution in [3.8, 4) is 0 Å². The van der Waals surface area contributed by atoms with Crippen LogP contribution in [0.2, 0.25) is 0 Å². The van der Waals surface area contributed by atoms with Gasteiger partial charge in [-0.25, -0.2) is 8.42 Å². The van der Waals surface area contributed by atoms with E-state index < -0.39 is 10.0 Å². The van der Waals surface area contributed by atoms with Gasteiger partial charge in [0.05, 0.1) is 16.1 Å². The van der Waals surface area contributed by atoms with Crippen molar-refractivity contribution in [2.75, 3.05) is 10.0 Å². The summed E-state index contributed by atoms with van der Waals surface area (Å²) in [6, 6.07) is 23.3. The molecule has 160 valence electrons. The summed E-state index contributed by atoms with van der Waals surface area (Å²) in [5.41, 5.74) is 4.76. The van der Waals surface area contributed by atoms with Crippen LogP contribution in [0.5, 0.6) is 0 Å². The molecule has 4 aromatic carbocycles. The van der Waals surface area contributed by atoms with Gasteiger partial charge in [0, 0.05) is 11.1 Å². The zero-order chi connectivity index (χ0) is 22.3. The van der Waals surface area contributed by atoms with Crippen molar-refractivity contribution in [1.82, 2.24) is 0 Å². The smallest absolute Gasteiger partial charge is 0.261 e. The van der Waals surface area contributed by atoms with Crippen molar-refractivity contribution in [1.29, 1.82) is 0 Å². The number of carbonyl (C=O) groups is 1. The van der Waals surface area contributed by atoms with Gasteiger partial charge < -0.3 is 5.32 Å². The van der Waals surface area contributed by atoms with E-state index in [2.05, 4.69) is 22.2 Å². The highest BCUT2D eigenvalue weighted by atomic mass is 32.2. The van der Waals surface area contributed by atoms with Crippen molar-refractivity contribution in [2.45, 2.75) is 24.7 Å². The Balaban J connectivity index is 1.46. The lowest BCUT2D eigenvalue weighted by molar-refractivity contribution is 0.102. The zero-order valence-electron chi connectivity index (χ0n) is 17.6. The maximum absolute atomic E-state index is 13.2. The number of amides is 1. The molecule has 0 spiro atoms. The van der Waals surface area contributed by atoms with Crippen molar-refractivity contribution in [2.24, 2.45) is 0 Å². The molecule has 0 fully saturated rings. The van der Waals surface area contributed by atoms with Crippen LogP contribution in [-0.4, -0.2) is 14.3 Å². The van der Waals surface area contributed by atoms with E-state index in [0.29, 0.717) is 5.69 Å². The van der Waals surface area contributed by atoms with Gasteiger partial charge in [-0.2, -0.15) is 0 Å². The van der Waals surface area contributed by atoms with Crippen molar-refractivity contribution in [3.63, 3.8) is 0 Å². The normalized spacial score (nSPS) is 12.7. The summed E-state index contributed by atoms with van der Waals surface area (Å²) >= 11 is 0. The number of carbonyl (C=O) groups excluding carboxylic acids is 1. The number of sulfonamides is 1. The summed E-state index contributed by atoms with van der Waals surface area (Å²) < 4.78 is 28.3. The van der Waals surface area contributed by atoms with Gasteiger partial charge in [-0.05, 0) is 66.6 Å². The standard InChI is InChI=1S/C26H22N2O3S/c1-17-9-14-20(15-10-17)32(30,31)28-24-8-3-2-6-22(24)26(29)27-23-16-13-19-12-11-18-5-4-7-21(23)25(18)19/h2-10,13-16,28H,11-12H2,1H3,(H,27,29). The van der Waals surface area contributed by atoms with Gasteiger partial charge in [-0.3, -0.25) is 9.52 Å². The summed E-state index contributed by atoms with van der Waals surface area (Å²) in [5.74, 6) is -0.370. The Kier molecular flexibility index (Phi) is 4.94. The van der Waals surface area contributed by atoms with Crippen LogP contribution in [-0.2, 0) is 22.9 Å². The van der Waals surface area contributed by atoms with Crippen molar-refractivity contribution >= 4 is 38.1 Å². The van der Waals surface area contributed by atoms with Gasteiger partial charge in [-0.1, -0.05) is 54.1 Å². The van der Waals surface area contributed by atoms with Gasteiger partial charge in [-0.15, -0.1) is 0 Å². The zero-order valence-corrected chi connectivity index (χ0v) is 18.4. The van der Waals surface area contributed by atoms with E-state index in [4.69, 9.17) is 0 Å². The number of nitrogens with one attached hydrogen (secondary N) is 2. The minimum Gasteiger partial charge on any atom is -0.321 e. The Bertz CT molecular complexity index is 1450. The molecule has 0 bridgehead atoms. The highest BCUT2D eigenvalue weighted by Crippen LogP contribution is 2.35. The molecule has 0 saturated heterocycles. The first-order chi connectivity index (χ1) is 15.4. The van der Waals surface area contributed by atoms with Crippen LogP contribution in [0.15, 0.2) is 83.8 Å². The quantitative estimate of drug-likeness (QED) is 0.440. The van der Waals surface area contributed by atoms with Crippen LogP contribution in [0.1, 0.15) is 27.0 Å². The number of hydrogen-bond donors (Lipinski definition) is 2. The van der Waals surface area contributed by atoms with Crippen LogP contribution in [0, 0.1) is 6.92 Å². The maximum Gasteiger partial charge on any atom is 0.261 e. The first-order valence-corrected chi connectivity index (χ1v) is 11.9. The van der Waals surface area contributed by atoms with Crippen LogP contribution in [0.3, 0.4) is 0 Å². The first-order valence-electron chi connectivity index (χ1n) is 10.5. The molecule has 0 aliphatic heterocycles. The number of anilines is 2. The summed E-state index contributed by atoms with van der Waals surface area (Å²) in [5, 5.41) is 5.19. The van der Waals surface area contributed by atoms with E-state index in [1.54, 1.807) is 48.5 Å². The molecule has 1 aliphatic carbocycles. The van der Waals surface area contributed by atoms with E-state index in [1.807, 2.05) is 25.1 Å². The summed E-state index contributed by atoms with van der Waals surface area (Å²) in [4.78, 5) is 13.3. The first kappa shape index (κ1) is 20.3. The van der Waals surface area contributed by atoms with Gasteiger partial charge in [0.25, 0.3) is 15.9 Å². The molecule has 1 aliphatic rings. The third-order valence-electron chi connectivity index (χ3n) is 5.87. The molecule has 5 nitrogen and oxygen atoms in total. The Morgan fingerprint density at radius 3 is 2.28 bits per heavy atom. The van der Waals surface area contributed by atoms with Crippen LogP contribution in [0.25, 0.3) is 10.8 Å². The highest BCUT2D eigenvalue weighted by Gasteiger charge is 2.20. The number of benzene rings is 4. The molecule has 1 amide bonds. The lowest BCUT2D eigenvalue weighted by Crippen LogP contribution is -2.18. The molecular formula is C26H22N2O3S. The summed E-state index contributed by atoms with van der Waals surface area (Å²) in [7, 11) is -3.83. The SMILES string of the molecule is Cc1ccc(S(=O)(=O)Nc2ccccc2C(=O)Nc2ccc3c4c(cccc24)CC3)cc1. The minimum absolute atomic E-state index is 0.144. The molecule has 5 rings (SSSR count). The van der Waals surface area contributed by atoms with Crippen LogP contribution >= 0.6 is 0 Å². The monoisotopic (exact) mass is 442 g/mol. The second-order valence-corrected chi connectivity index (χ2v) is 9.71. The highest BCUT2D eigenvalue weighted by molar-refractivity contribution is 7.92. The van der Waals surface area contributed by atoms with Crippen molar-refractivity contribution < 1.29 is 13.2 Å². The maximum atomic E-state index is 13.2. The number of para-hydroxylation sites is 1. The summed E-state index contributed by atoms with van der Waals surface area (Å²) in [6.07, 6.45) is 2.02. The van der Waals surface area contributed by atoms with Gasteiger partial charge in [0.15, 0.2) is 0 Å². The van der Waals surface area contributed by atoms with Crippen molar-refractivity contribution in [3.05, 3.63) is 101 Å². The topological polar surface area (TPSA) is 75.3 Å². The third kappa shape index (κ3) is 3.63. The third-order valence-corrected chi connectivity index (χ3v) is 7.25. The average Bonchev–Trinajstić information content (AvgIpc) is 3.21. The molecule has 0 heterocycles. The molecule has 4 aromatic rings. The molecule has 0 aromatic heterocycles. The minimum atomic E-state index is -3.83. The van der Waals surface area contributed by atoms with Gasteiger partial charge in [0.1, 0.15) is 0 Å². The Morgan fingerprint density at radius 2 is 1.50 bits per heavy atom. The average molecular weight is 443 g/mol. The Morgan fingerprint density at radius 1 is 0.781 bits per heavy atom. The number of aryl methyl sites for hydroxylation is 3. The fourth-order valence-electron chi connectivity index (χ4n) is 4.24. The molecule has 2 N–H and O–H groups in total. The predicted octanol–water partition coefficient (Wildman–Crippen LogP) is 5.30. The predicted molar refractivity (Wildman–Crippen MR) is 128 cm³/mol. The second kappa shape index (κ2) is 7.80. The van der Waals surface area contributed by atoms with Gasteiger partial charge >= 0.3 is 0 Å². The number of rotatable bonds is 5. The molecular weight excluding hydrogens is 420 g/mol. The molecule has 32 heavy (non-hydrogen) atoms. The van der Waals surface area contributed by atoms with E-state index in [9.17, 15) is 13.2 Å². The molecule has 6 heteroatoms. The van der Waals surface area contributed by atoms with E-state index in [-0.39, 0.29) is 22.1 Å². The van der Waals surface area contributed by atoms with Crippen LogP contribution < -0.4 is 10.0 Å². The lowest BCUT2D eigenvalue weighted by Gasteiger charge is -2.14. The number of hydrogen-bond acceptors (Lipinski definition) is 3. The fraction of sp³-hybridized carbons (Fsp3) is 0.115. The van der Waals surface area contributed by atoms with E-state index in [1.165, 1.54) is 16.5 Å². The van der Waals surface area contributed by atoms with E-state index >= 15 is 0 Å². The Labute approximate surface area is 187 Å². The molecule has 0 atom stereocenters. The second-order valence-electron chi connectivity index (χ2n) is 8.03. The lowest BCUT2D eigenvalue weighted by atomic mass is 10.0. The summed E-state index contributed by atoms with van der Waals surface area (Å²) in [6.45, 7) is 1.89.